The first-order chi connectivity index (χ1) is 13.0. The Labute approximate surface area is 165 Å². The van der Waals surface area contributed by atoms with Crippen LogP contribution in [0.3, 0.4) is 0 Å². The molecule has 3 rings (SSSR count). The third-order valence-electron chi connectivity index (χ3n) is 3.83. The van der Waals surface area contributed by atoms with Crippen molar-refractivity contribution in [2.24, 2.45) is 0 Å². The maximum atomic E-state index is 12.4. The van der Waals surface area contributed by atoms with Gasteiger partial charge in [0.2, 0.25) is 5.91 Å². The third kappa shape index (κ3) is 4.86. The number of rotatable bonds is 7. The predicted octanol–water partition coefficient (Wildman–Crippen LogP) is 3.57. The lowest BCUT2D eigenvalue weighted by Gasteiger charge is -2.16. The Morgan fingerprint density at radius 2 is 2.00 bits per heavy atom. The number of ether oxygens (including phenoxy) is 1. The van der Waals surface area contributed by atoms with Gasteiger partial charge in [-0.05, 0) is 31.5 Å². The molecule has 27 heavy (non-hydrogen) atoms. The summed E-state index contributed by atoms with van der Waals surface area (Å²) in [5.41, 5.74) is 1.90. The highest BCUT2D eigenvalue weighted by Crippen LogP contribution is 2.30. The zero-order chi connectivity index (χ0) is 19.4. The second-order valence-electron chi connectivity index (χ2n) is 5.91. The number of nitrogens with zero attached hydrogens (tertiary/aromatic N) is 4. The molecule has 0 saturated carbocycles. The number of methoxy groups -OCH3 is 1. The van der Waals surface area contributed by atoms with Crippen LogP contribution in [-0.2, 0) is 11.3 Å². The number of amides is 1. The molecular weight excluding hydrogens is 384 g/mol. The zero-order valence-electron chi connectivity index (χ0n) is 15.6. The van der Waals surface area contributed by atoms with E-state index in [-0.39, 0.29) is 11.7 Å². The minimum absolute atomic E-state index is 0.0135. The van der Waals surface area contributed by atoms with Crippen molar-refractivity contribution in [3.8, 4) is 16.5 Å². The number of carbonyl (C=O) groups excluding carboxylic acids is 1. The predicted molar refractivity (Wildman–Crippen MR) is 105 cm³/mol. The van der Waals surface area contributed by atoms with E-state index >= 15 is 0 Å². The van der Waals surface area contributed by atoms with Gasteiger partial charge in [0.1, 0.15) is 10.6 Å². The van der Waals surface area contributed by atoms with E-state index in [1.54, 1.807) is 19.1 Å². The van der Waals surface area contributed by atoms with E-state index in [1.165, 1.54) is 23.1 Å². The topological polar surface area (TPSA) is 81.4 Å². The Kier molecular flexibility index (Phi) is 6.12. The van der Waals surface area contributed by atoms with Crippen molar-refractivity contribution < 1.29 is 13.9 Å². The smallest absolute Gasteiger partial charge is 0.277 e. The molecule has 0 spiro atoms. The fraction of sp³-hybridized carbons (Fsp3) is 0.333. The Hall–Kier alpha value is -2.39. The summed E-state index contributed by atoms with van der Waals surface area (Å²) in [6, 6.07) is 7.65. The number of hydrogen-bond acceptors (Lipinski definition) is 8. The molecule has 7 nitrogen and oxygen atoms in total. The highest BCUT2D eigenvalue weighted by Gasteiger charge is 2.17. The number of hydrogen-bond donors (Lipinski definition) is 0. The molecule has 0 radical (unpaired) electrons. The summed E-state index contributed by atoms with van der Waals surface area (Å²) in [5.74, 6) is 1.46. The number of carbonyl (C=O) groups is 1. The normalized spacial score (nSPS) is 10.8. The molecule has 9 heteroatoms. The van der Waals surface area contributed by atoms with Crippen LogP contribution in [0.15, 0.2) is 33.9 Å². The van der Waals surface area contributed by atoms with Crippen LogP contribution < -0.4 is 4.74 Å². The summed E-state index contributed by atoms with van der Waals surface area (Å²) in [5, 5.41) is 9.41. The van der Waals surface area contributed by atoms with Crippen LogP contribution in [0.4, 0.5) is 0 Å². The number of thiazole rings is 1. The van der Waals surface area contributed by atoms with Gasteiger partial charge in [-0.3, -0.25) is 4.79 Å². The first-order valence-corrected chi connectivity index (χ1v) is 10.0. The SMILES string of the molecule is COc1ccc(CN(C)C(=O)CSc2nnc(-c3sc(C)nc3C)o2)cc1. The van der Waals surface area contributed by atoms with Gasteiger partial charge in [0, 0.05) is 13.6 Å². The molecule has 142 valence electrons. The Morgan fingerprint density at radius 1 is 1.26 bits per heavy atom. The average Bonchev–Trinajstić information content (AvgIpc) is 3.26. The first-order valence-electron chi connectivity index (χ1n) is 8.24. The van der Waals surface area contributed by atoms with E-state index in [4.69, 9.17) is 9.15 Å². The molecule has 3 aromatic rings. The largest absolute Gasteiger partial charge is 0.497 e. The van der Waals surface area contributed by atoms with Gasteiger partial charge in [-0.15, -0.1) is 21.5 Å². The molecule has 1 aromatic carbocycles. The lowest BCUT2D eigenvalue weighted by Crippen LogP contribution is -2.27. The third-order valence-corrected chi connectivity index (χ3v) is 5.69. The molecule has 2 heterocycles. The van der Waals surface area contributed by atoms with Crippen LogP contribution in [0.1, 0.15) is 16.3 Å². The van der Waals surface area contributed by atoms with E-state index in [9.17, 15) is 4.79 Å². The summed E-state index contributed by atoms with van der Waals surface area (Å²) in [6.07, 6.45) is 0. The highest BCUT2D eigenvalue weighted by atomic mass is 32.2. The number of aryl methyl sites for hydroxylation is 2. The van der Waals surface area contributed by atoms with Crippen molar-refractivity contribution in [2.45, 2.75) is 25.6 Å². The Bertz CT molecular complexity index is 921. The number of benzene rings is 1. The molecule has 0 saturated heterocycles. The molecular formula is C18H20N4O3S2. The van der Waals surface area contributed by atoms with Gasteiger partial charge in [0.15, 0.2) is 0 Å². The summed E-state index contributed by atoms with van der Waals surface area (Å²) in [7, 11) is 3.40. The van der Waals surface area contributed by atoms with Crippen molar-refractivity contribution in [1.29, 1.82) is 0 Å². The van der Waals surface area contributed by atoms with Gasteiger partial charge in [-0.1, -0.05) is 23.9 Å². The molecule has 0 aliphatic rings. The maximum absolute atomic E-state index is 12.4. The molecule has 0 bridgehead atoms. The van der Waals surface area contributed by atoms with Crippen molar-refractivity contribution >= 4 is 29.0 Å². The van der Waals surface area contributed by atoms with Crippen LogP contribution in [0.2, 0.25) is 0 Å². The van der Waals surface area contributed by atoms with E-state index in [1.807, 2.05) is 38.1 Å². The van der Waals surface area contributed by atoms with Crippen molar-refractivity contribution in [2.75, 3.05) is 19.9 Å². The average molecular weight is 405 g/mol. The van der Waals surface area contributed by atoms with Crippen molar-refractivity contribution in [3.05, 3.63) is 40.5 Å². The minimum atomic E-state index is -0.0135. The van der Waals surface area contributed by atoms with Crippen LogP contribution in [-0.4, -0.2) is 45.9 Å². The molecule has 0 atom stereocenters. The first kappa shape index (κ1) is 19.4. The summed E-state index contributed by atoms with van der Waals surface area (Å²) in [6.45, 7) is 4.37. The van der Waals surface area contributed by atoms with Gasteiger partial charge in [0.05, 0.1) is 23.6 Å². The second kappa shape index (κ2) is 8.53. The summed E-state index contributed by atoms with van der Waals surface area (Å²) in [4.78, 5) is 19.3. The molecule has 0 N–H and O–H groups in total. The lowest BCUT2D eigenvalue weighted by atomic mass is 10.2. The van der Waals surface area contributed by atoms with E-state index in [2.05, 4.69) is 15.2 Å². The van der Waals surface area contributed by atoms with E-state index in [0.717, 1.165) is 26.9 Å². The van der Waals surface area contributed by atoms with Crippen molar-refractivity contribution in [1.82, 2.24) is 20.1 Å². The number of aromatic nitrogens is 3. The molecule has 0 aliphatic carbocycles. The molecule has 0 fully saturated rings. The van der Waals surface area contributed by atoms with Crippen LogP contribution >= 0.6 is 23.1 Å². The quantitative estimate of drug-likeness (QED) is 0.557. The molecule has 0 unspecified atom stereocenters. The van der Waals surface area contributed by atoms with Gasteiger partial charge < -0.3 is 14.1 Å². The van der Waals surface area contributed by atoms with E-state index < -0.39 is 0 Å². The fourth-order valence-electron chi connectivity index (χ4n) is 2.42. The van der Waals surface area contributed by atoms with Gasteiger partial charge in [-0.25, -0.2) is 4.98 Å². The molecule has 0 aliphatic heterocycles. The fourth-order valence-corrected chi connectivity index (χ4v) is 3.96. The van der Waals surface area contributed by atoms with Gasteiger partial charge in [-0.2, -0.15) is 0 Å². The summed E-state index contributed by atoms with van der Waals surface area (Å²) < 4.78 is 10.8. The van der Waals surface area contributed by atoms with E-state index in [0.29, 0.717) is 17.7 Å². The monoisotopic (exact) mass is 404 g/mol. The highest BCUT2D eigenvalue weighted by molar-refractivity contribution is 7.99. The van der Waals surface area contributed by atoms with Crippen LogP contribution in [0, 0.1) is 13.8 Å². The summed E-state index contributed by atoms with van der Waals surface area (Å²) >= 11 is 2.75. The Morgan fingerprint density at radius 3 is 2.63 bits per heavy atom. The molecule has 1 amide bonds. The molecule has 2 aromatic heterocycles. The number of thioether (sulfide) groups is 1. The maximum Gasteiger partial charge on any atom is 0.277 e. The van der Waals surface area contributed by atoms with Crippen LogP contribution in [0.5, 0.6) is 5.75 Å². The lowest BCUT2D eigenvalue weighted by molar-refractivity contribution is -0.127. The van der Waals surface area contributed by atoms with Crippen molar-refractivity contribution in [3.63, 3.8) is 0 Å². The zero-order valence-corrected chi connectivity index (χ0v) is 17.2. The minimum Gasteiger partial charge on any atom is -0.497 e. The standard InChI is InChI=1S/C18H20N4O3S2/c1-11-16(27-12(2)19-11)17-20-21-18(25-17)26-10-15(23)22(3)9-13-5-7-14(24-4)8-6-13/h5-8H,9-10H2,1-4H3. The Balaban J connectivity index is 1.54. The second-order valence-corrected chi connectivity index (χ2v) is 8.04. The van der Waals surface area contributed by atoms with Gasteiger partial charge >= 0.3 is 0 Å². The van der Waals surface area contributed by atoms with Gasteiger partial charge in [0.25, 0.3) is 11.1 Å². The van der Waals surface area contributed by atoms with Crippen LogP contribution in [0.25, 0.3) is 10.8 Å².